The van der Waals surface area contributed by atoms with Gasteiger partial charge in [-0.05, 0) is 24.6 Å². The fraction of sp³-hybridized carbons (Fsp3) is 0.385. The Kier molecular flexibility index (Phi) is 4.80. The first-order valence-corrected chi connectivity index (χ1v) is 6.99. The van der Waals surface area contributed by atoms with E-state index in [0.717, 1.165) is 5.56 Å². The highest BCUT2D eigenvalue weighted by molar-refractivity contribution is 7.80. The van der Waals surface area contributed by atoms with Gasteiger partial charge in [0.15, 0.2) is 0 Å². The molecule has 2 amide bonds. The molecular formula is C13H16ClN3O2S. The van der Waals surface area contributed by atoms with Gasteiger partial charge in [0.1, 0.15) is 11.1 Å². The highest BCUT2D eigenvalue weighted by Gasteiger charge is 2.25. The first kappa shape index (κ1) is 15.0. The Morgan fingerprint density at radius 2 is 2.35 bits per heavy atom. The van der Waals surface area contributed by atoms with Crippen molar-refractivity contribution in [2.45, 2.75) is 13.0 Å². The predicted molar refractivity (Wildman–Crippen MR) is 83.3 cm³/mol. The number of halogens is 1. The number of rotatable bonds is 2. The van der Waals surface area contributed by atoms with Crippen molar-refractivity contribution in [1.82, 2.24) is 4.90 Å². The van der Waals surface area contributed by atoms with Crippen molar-refractivity contribution >= 4 is 40.5 Å². The number of nitrogens with zero attached hydrogens (tertiary/aromatic N) is 1. The monoisotopic (exact) mass is 313 g/mol. The van der Waals surface area contributed by atoms with Crippen LogP contribution in [-0.4, -0.2) is 41.7 Å². The number of carbonyl (C=O) groups excluding carboxylic acids is 1. The summed E-state index contributed by atoms with van der Waals surface area (Å²) in [5, 5.41) is 3.42. The molecule has 1 heterocycles. The van der Waals surface area contributed by atoms with Gasteiger partial charge in [0.05, 0.1) is 13.2 Å². The van der Waals surface area contributed by atoms with E-state index in [-0.39, 0.29) is 17.1 Å². The number of ether oxygens (including phenoxy) is 1. The molecule has 0 radical (unpaired) electrons. The minimum Gasteiger partial charge on any atom is -0.391 e. The molecule has 0 aromatic heterocycles. The van der Waals surface area contributed by atoms with Gasteiger partial charge in [-0.1, -0.05) is 29.9 Å². The van der Waals surface area contributed by atoms with E-state index in [9.17, 15) is 4.79 Å². The second-order valence-electron chi connectivity index (χ2n) is 4.60. The van der Waals surface area contributed by atoms with Gasteiger partial charge in [-0.2, -0.15) is 0 Å². The van der Waals surface area contributed by atoms with E-state index in [4.69, 9.17) is 34.3 Å². The van der Waals surface area contributed by atoms with E-state index in [0.29, 0.717) is 30.4 Å². The number of nitrogens with one attached hydrogen (secondary N) is 1. The van der Waals surface area contributed by atoms with Gasteiger partial charge >= 0.3 is 6.03 Å². The molecular weight excluding hydrogens is 298 g/mol. The molecule has 1 saturated heterocycles. The summed E-state index contributed by atoms with van der Waals surface area (Å²) in [5.41, 5.74) is 7.17. The number of aryl methyl sites for hydroxylation is 1. The molecule has 1 aliphatic rings. The Balaban J connectivity index is 2.00. The van der Waals surface area contributed by atoms with Gasteiger partial charge in [0, 0.05) is 17.3 Å². The Morgan fingerprint density at radius 1 is 1.60 bits per heavy atom. The number of hydrogen-bond acceptors (Lipinski definition) is 3. The van der Waals surface area contributed by atoms with Crippen molar-refractivity contribution in [3.63, 3.8) is 0 Å². The van der Waals surface area contributed by atoms with Gasteiger partial charge < -0.3 is 20.7 Å². The lowest BCUT2D eigenvalue weighted by atomic mass is 10.2. The first-order chi connectivity index (χ1) is 9.47. The van der Waals surface area contributed by atoms with Crippen LogP contribution in [-0.2, 0) is 4.74 Å². The fourth-order valence-electron chi connectivity index (χ4n) is 1.88. The third-order valence-electron chi connectivity index (χ3n) is 3.09. The van der Waals surface area contributed by atoms with Crippen LogP contribution in [0.1, 0.15) is 5.56 Å². The quantitative estimate of drug-likeness (QED) is 0.821. The van der Waals surface area contributed by atoms with Crippen molar-refractivity contribution in [3.8, 4) is 0 Å². The van der Waals surface area contributed by atoms with Crippen LogP contribution in [0.25, 0.3) is 0 Å². The lowest BCUT2D eigenvalue weighted by Gasteiger charge is -2.32. The maximum atomic E-state index is 12.2. The van der Waals surface area contributed by atoms with Crippen LogP contribution in [0.5, 0.6) is 0 Å². The Morgan fingerprint density at radius 3 is 3.00 bits per heavy atom. The van der Waals surface area contributed by atoms with Crippen molar-refractivity contribution < 1.29 is 9.53 Å². The normalized spacial score (nSPS) is 18.7. The number of anilines is 1. The topological polar surface area (TPSA) is 67.6 Å². The van der Waals surface area contributed by atoms with Gasteiger partial charge in [0.2, 0.25) is 0 Å². The molecule has 3 N–H and O–H groups in total. The number of nitrogens with two attached hydrogens (primary N) is 1. The third kappa shape index (κ3) is 3.59. The molecule has 0 spiro atoms. The standard InChI is InChI=1S/C13H16ClN3O2S/c1-8-2-3-9(6-10(8)14)16-13(18)17-4-5-19-11(7-17)12(15)20/h2-3,6,11H,4-5,7H2,1H3,(H2,15,20)(H,16,18). The van der Waals surface area contributed by atoms with E-state index in [2.05, 4.69) is 5.32 Å². The number of carbonyl (C=O) groups is 1. The average molecular weight is 314 g/mol. The highest BCUT2D eigenvalue weighted by atomic mass is 35.5. The summed E-state index contributed by atoms with van der Waals surface area (Å²) in [6.07, 6.45) is -0.383. The van der Waals surface area contributed by atoms with Crippen molar-refractivity contribution in [1.29, 1.82) is 0 Å². The van der Waals surface area contributed by atoms with Crippen LogP contribution in [0.2, 0.25) is 5.02 Å². The highest BCUT2D eigenvalue weighted by Crippen LogP contribution is 2.20. The molecule has 1 aromatic carbocycles. The predicted octanol–water partition coefficient (Wildman–Crippen LogP) is 2.17. The molecule has 1 aliphatic heterocycles. The molecule has 0 bridgehead atoms. The maximum Gasteiger partial charge on any atom is 0.322 e. The summed E-state index contributed by atoms with van der Waals surface area (Å²) < 4.78 is 5.40. The number of amides is 2. The summed E-state index contributed by atoms with van der Waals surface area (Å²) >= 11 is 10.9. The van der Waals surface area contributed by atoms with E-state index in [1.807, 2.05) is 19.1 Å². The summed E-state index contributed by atoms with van der Waals surface area (Å²) in [6.45, 7) is 3.19. The first-order valence-electron chi connectivity index (χ1n) is 6.20. The molecule has 1 fully saturated rings. The van der Waals surface area contributed by atoms with Crippen LogP contribution < -0.4 is 11.1 Å². The molecule has 0 saturated carbocycles. The zero-order valence-corrected chi connectivity index (χ0v) is 12.6. The van der Waals surface area contributed by atoms with Crippen molar-refractivity contribution in [3.05, 3.63) is 28.8 Å². The molecule has 20 heavy (non-hydrogen) atoms. The second kappa shape index (κ2) is 6.39. The molecule has 108 valence electrons. The van der Waals surface area contributed by atoms with Gasteiger partial charge in [-0.3, -0.25) is 0 Å². The molecule has 7 heteroatoms. The van der Waals surface area contributed by atoms with E-state index in [1.54, 1.807) is 11.0 Å². The zero-order valence-electron chi connectivity index (χ0n) is 11.1. The molecule has 1 atom stereocenters. The zero-order chi connectivity index (χ0) is 14.7. The van der Waals surface area contributed by atoms with E-state index < -0.39 is 0 Å². The number of urea groups is 1. The largest absolute Gasteiger partial charge is 0.391 e. The summed E-state index contributed by atoms with van der Waals surface area (Å²) in [6, 6.07) is 5.18. The lowest BCUT2D eigenvalue weighted by molar-refractivity contribution is 0.0251. The summed E-state index contributed by atoms with van der Waals surface area (Å²) in [4.78, 5) is 14.1. The van der Waals surface area contributed by atoms with Crippen LogP contribution in [0, 0.1) is 6.92 Å². The molecule has 5 nitrogen and oxygen atoms in total. The number of benzene rings is 1. The molecule has 0 aliphatic carbocycles. The number of hydrogen-bond donors (Lipinski definition) is 2. The number of morpholine rings is 1. The second-order valence-corrected chi connectivity index (χ2v) is 5.48. The molecule has 2 rings (SSSR count). The Labute approximate surface area is 128 Å². The lowest BCUT2D eigenvalue weighted by Crippen LogP contribution is -2.51. The van der Waals surface area contributed by atoms with Crippen LogP contribution in [0.15, 0.2) is 18.2 Å². The Hall–Kier alpha value is -1.37. The smallest absolute Gasteiger partial charge is 0.322 e. The third-order valence-corrected chi connectivity index (χ3v) is 3.76. The fourth-order valence-corrected chi connectivity index (χ4v) is 2.20. The van der Waals surface area contributed by atoms with Crippen LogP contribution >= 0.6 is 23.8 Å². The minimum atomic E-state index is -0.383. The molecule has 1 aromatic rings. The average Bonchev–Trinajstić information content (AvgIpc) is 2.43. The maximum absolute atomic E-state index is 12.2. The van der Waals surface area contributed by atoms with Crippen LogP contribution in [0.4, 0.5) is 10.5 Å². The minimum absolute atomic E-state index is 0.213. The van der Waals surface area contributed by atoms with Crippen molar-refractivity contribution in [2.75, 3.05) is 25.0 Å². The van der Waals surface area contributed by atoms with Crippen LogP contribution in [0.3, 0.4) is 0 Å². The van der Waals surface area contributed by atoms with E-state index in [1.165, 1.54) is 0 Å². The summed E-state index contributed by atoms with van der Waals surface area (Å²) in [7, 11) is 0. The SMILES string of the molecule is Cc1ccc(NC(=O)N2CCOC(C(N)=S)C2)cc1Cl. The van der Waals surface area contributed by atoms with Gasteiger partial charge in [0.25, 0.3) is 0 Å². The van der Waals surface area contributed by atoms with E-state index >= 15 is 0 Å². The molecule has 1 unspecified atom stereocenters. The number of thiocarbonyl (C=S) groups is 1. The summed E-state index contributed by atoms with van der Waals surface area (Å²) in [5.74, 6) is 0. The Bertz CT molecular complexity index is 538. The van der Waals surface area contributed by atoms with Gasteiger partial charge in [-0.15, -0.1) is 0 Å². The van der Waals surface area contributed by atoms with Gasteiger partial charge in [-0.25, -0.2) is 4.79 Å². The van der Waals surface area contributed by atoms with Crippen molar-refractivity contribution in [2.24, 2.45) is 5.73 Å².